The molecule has 0 aromatic rings. The molecule has 0 bridgehead atoms. The van der Waals surface area contributed by atoms with Crippen molar-refractivity contribution in [2.45, 2.75) is 154 Å². The molecule has 0 radical (unpaired) electrons. The van der Waals surface area contributed by atoms with Crippen molar-refractivity contribution in [3.05, 3.63) is 0 Å². The van der Waals surface area contributed by atoms with Crippen molar-refractivity contribution in [2.75, 3.05) is 0 Å². The van der Waals surface area contributed by atoms with Crippen molar-refractivity contribution < 1.29 is 83.1 Å². The number of carboxylic acid groups (broad SMARTS) is 3. The maximum Gasteiger partial charge on any atom is 0.326 e. The van der Waals surface area contributed by atoms with E-state index < -0.39 is 163 Å². The topological polar surface area (TPSA) is 454 Å². The van der Waals surface area contributed by atoms with Crippen LogP contribution >= 0.6 is 0 Å². The zero-order chi connectivity index (χ0) is 50.6. The Morgan fingerprint density at radius 3 is 1.28 bits per heavy atom. The Morgan fingerprint density at radius 2 is 0.846 bits per heavy atom. The van der Waals surface area contributed by atoms with Gasteiger partial charge in [0, 0.05) is 0 Å². The van der Waals surface area contributed by atoms with E-state index in [1.165, 1.54) is 6.92 Å². The lowest BCUT2D eigenvalue weighted by Gasteiger charge is -2.28. The number of aliphatic carboxylic acids is 3. The third-order valence-electron chi connectivity index (χ3n) is 9.57. The second-order valence-electron chi connectivity index (χ2n) is 15.9. The van der Waals surface area contributed by atoms with E-state index >= 15 is 0 Å². The number of nitrogens with two attached hydrogens (primary N) is 2. The van der Waals surface area contributed by atoms with Crippen LogP contribution in [-0.2, 0) is 57.5 Å². The number of hydrogen-bond acceptors (Lipinski definition) is 15. The quantitative estimate of drug-likeness (QED) is 0.0332. The van der Waals surface area contributed by atoms with E-state index in [0.717, 1.165) is 20.8 Å². The molecule has 0 aliphatic heterocycles. The average Bonchev–Trinajstić information content (AvgIpc) is 3.18. The lowest BCUT2D eigenvalue weighted by Crippen LogP contribution is -2.61. The van der Waals surface area contributed by atoms with E-state index in [1.807, 2.05) is 5.32 Å². The molecule has 27 nitrogen and oxygen atoms in total. The minimum Gasteiger partial charge on any atom is -0.481 e. The normalized spacial score (nSPS) is 16.6. The maximum absolute atomic E-state index is 13.5. The molecular weight excluding hydrogens is 868 g/mol. The fraction of sp³-hybridized carbons (Fsp3) is 0.684. The largest absolute Gasteiger partial charge is 0.481 e. The molecule has 0 saturated carbocycles. The van der Waals surface area contributed by atoms with Crippen LogP contribution in [0.1, 0.15) is 87.5 Å². The van der Waals surface area contributed by atoms with Crippen LogP contribution in [0.2, 0.25) is 0 Å². The predicted molar refractivity (Wildman–Crippen MR) is 223 cm³/mol. The number of rotatable bonds is 29. The van der Waals surface area contributed by atoms with E-state index in [4.69, 9.17) is 16.6 Å². The van der Waals surface area contributed by atoms with Crippen LogP contribution in [0.25, 0.3) is 0 Å². The number of carbonyl (C=O) groups is 12. The zero-order valence-corrected chi connectivity index (χ0v) is 37.3. The molecule has 0 aromatic heterocycles. The van der Waals surface area contributed by atoms with Crippen molar-refractivity contribution in [1.82, 2.24) is 42.5 Å². The highest BCUT2D eigenvalue weighted by Gasteiger charge is 2.36. The minimum absolute atomic E-state index is 0.0971. The third kappa shape index (κ3) is 21.2. The molecule has 0 aliphatic carbocycles. The number of aliphatic hydroxyl groups is 2. The van der Waals surface area contributed by atoms with Crippen molar-refractivity contribution in [3.63, 3.8) is 0 Å². The zero-order valence-electron chi connectivity index (χ0n) is 37.3. The van der Waals surface area contributed by atoms with Gasteiger partial charge in [-0.1, -0.05) is 34.1 Å². The Balaban J connectivity index is 6.11. The number of primary amides is 1. The van der Waals surface area contributed by atoms with Crippen molar-refractivity contribution in [3.8, 4) is 0 Å². The second-order valence-corrected chi connectivity index (χ2v) is 15.9. The summed E-state index contributed by atoms with van der Waals surface area (Å²) < 4.78 is 0. The minimum atomic E-state index is -1.92. The molecule has 0 rings (SSSR count). The van der Waals surface area contributed by atoms with Gasteiger partial charge < -0.3 is 79.5 Å². The number of aliphatic hydroxyl groups excluding tert-OH is 2. The van der Waals surface area contributed by atoms with E-state index in [-0.39, 0.29) is 12.3 Å². The average molecular weight is 933 g/mol. The number of carboxylic acids is 3. The van der Waals surface area contributed by atoms with Gasteiger partial charge in [-0.2, -0.15) is 0 Å². The Labute approximate surface area is 373 Å². The molecule has 368 valence electrons. The van der Waals surface area contributed by atoms with Gasteiger partial charge in [-0.3, -0.25) is 52.7 Å². The van der Waals surface area contributed by atoms with Gasteiger partial charge in [0.05, 0.1) is 31.5 Å². The van der Waals surface area contributed by atoms with E-state index in [1.54, 1.807) is 27.7 Å². The van der Waals surface area contributed by atoms with E-state index in [2.05, 4.69) is 37.2 Å². The fourth-order valence-corrected chi connectivity index (χ4v) is 5.58. The summed E-state index contributed by atoms with van der Waals surface area (Å²) in [6, 6.07) is -14.7. The second kappa shape index (κ2) is 27.6. The highest BCUT2D eigenvalue weighted by molar-refractivity contribution is 5.99. The lowest BCUT2D eigenvalue weighted by atomic mass is 9.97. The highest BCUT2D eigenvalue weighted by Crippen LogP contribution is 2.11. The molecule has 65 heavy (non-hydrogen) atoms. The van der Waals surface area contributed by atoms with Crippen LogP contribution in [0.5, 0.6) is 0 Å². The van der Waals surface area contributed by atoms with Crippen LogP contribution in [-0.4, -0.2) is 163 Å². The van der Waals surface area contributed by atoms with Crippen LogP contribution in [0, 0.1) is 11.8 Å². The molecule has 0 saturated heterocycles. The molecule has 0 aromatic carbocycles. The first-order chi connectivity index (χ1) is 29.9. The number of carbonyl (C=O) groups excluding carboxylic acids is 9. The summed E-state index contributed by atoms with van der Waals surface area (Å²) in [6.45, 7) is 11.1. The van der Waals surface area contributed by atoms with Gasteiger partial charge in [0.25, 0.3) is 0 Å². The Bertz CT molecular complexity index is 1760. The van der Waals surface area contributed by atoms with Gasteiger partial charge in [0.15, 0.2) is 0 Å². The number of nitrogens with one attached hydrogen (secondary N) is 8. The first-order valence-electron chi connectivity index (χ1n) is 20.4. The molecule has 12 atom stereocenters. The van der Waals surface area contributed by atoms with Gasteiger partial charge in [-0.05, 0) is 46.0 Å². The molecule has 9 amide bonds. The third-order valence-corrected chi connectivity index (χ3v) is 9.57. The summed E-state index contributed by atoms with van der Waals surface area (Å²) in [4.78, 5) is 151. The summed E-state index contributed by atoms with van der Waals surface area (Å²) in [5.41, 5.74) is 11.0. The van der Waals surface area contributed by atoms with Gasteiger partial charge in [0.1, 0.15) is 54.4 Å². The molecular formula is C38H64N10O17. The molecule has 27 heteroatoms. The van der Waals surface area contributed by atoms with Crippen LogP contribution in [0.4, 0.5) is 0 Å². The SMILES string of the molecule is CC[C@H](C)[C@H](NC(=O)[C@@H](N)[C@@H](C)O)C(=O)N[C@@H](CC(=O)O)C(=O)N[C@@H](C)C(=O)N[C@@H](CC(N)=O)C(=O)N[C@@H](CC(C)C)C(=O)N[C@@H](C)C(=O)N[C@H](C(=O)N[C@@H](CC(=O)O)C(=O)O)[C@@H](C)O. The molecule has 0 fully saturated rings. The van der Waals surface area contributed by atoms with Crippen LogP contribution < -0.4 is 54.0 Å². The van der Waals surface area contributed by atoms with Gasteiger partial charge in [-0.15, -0.1) is 0 Å². The predicted octanol–water partition coefficient (Wildman–Crippen LogP) is -6.00. The molecule has 0 aliphatic rings. The molecule has 0 heterocycles. The standard InChI is InChI=1S/C38H64N10O17/c1-9-15(4)28(47-35(61)27(40)18(7)49)36(62)45-22(12-25(52)53)33(59)41-16(5)30(56)43-21(11-24(39)51)34(60)44-20(10-14(2)3)32(58)42-17(6)31(57)48-29(19(8)50)37(63)46-23(38(64)65)13-26(54)55/h14-23,27-29,49-50H,9-13,40H2,1-8H3,(H2,39,51)(H,41,59)(H,42,58)(H,43,56)(H,44,60)(H,45,62)(H,46,63)(H,47,61)(H,48,57)(H,52,53)(H,54,55)(H,64,65)/t15-,16-,17-,18+,19+,20-,21-,22-,23-,27-,28-,29-/m0/s1. The van der Waals surface area contributed by atoms with E-state index in [9.17, 15) is 78.0 Å². The Kier molecular flexibility index (Phi) is 24.9. The smallest absolute Gasteiger partial charge is 0.326 e. The van der Waals surface area contributed by atoms with Crippen LogP contribution in [0.15, 0.2) is 0 Å². The Morgan fingerprint density at radius 1 is 0.462 bits per heavy atom. The lowest BCUT2D eigenvalue weighted by molar-refractivity contribution is -0.148. The van der Waals surface area contributed by atoms with E-state index in [0.29, 0.717) is 6.42 Å². The summed E-state index contributed by atoms with van der Waals surface area (Å²) in [6.07, 6.45) is -5.58. The first-order valence-corrected chi connectivity index (χ1v) is 20.4. The Hall–Kier alpha value is -6.48. The molecule has 0 unspecified atom stereocenters. The molecule has 0 spiro atoms. The summed E-state index contributed by atoms with van der Waals surface area (Å²) in [7, 11) is 0. The van der Waals surface area contributed by atoms with Gasteiger partial charge in [0.2, 0.25) is 53.2 Å². The molecule has 17 N–H and O–H groups in total. The monoisotopic (exact) mass is 932 g/mol. The first kappa shape index (κ1) is 58.5. The van der Waals surface area contributed by atoms with Crippen molar-refractivity contribution in [2.24, 2.45) is 23.3 Å². The van der Waals surface area contributed by atoms with Crippen LogP contribution in [0.3, 0.4) is 0 Å². The highest BCUT2D eigenvalue weighted by atomic mass is 16.4. The van der Waals surface area contributed by atoms with Gasteiger partial charge in [-0.25, -0.2) is 4.79 Å². The summed E-state index contributed by atoms with van der Waals surface area (Å²) in [5, 5.41) is 65.2. The van der Waals surface area contributed by atoms with Gasteiger partial charge >= 0.3 is 17.9 Å². The summed E-state index contributed by atoms with van der Waals surface area (Å²) >= 11 is 0. The van der Waals surface area contributed by atoms with Crippen molar-refractivity contribution in [1.29, 1.82) is 0 Å². The number of amides is 9. The maximum atomic E-state index is 13.5. The summed E-state index contributed by atoms with van der Waals surface area (Å²) in [5.74, 6) is -15.5. The number of hydrogen-bond donors (Lipinski definition) is 15. The fourth-order valence-electron chi connectivity index (χ4n) is 5.58. The van der Waals surface area contributed by atoms with Crippen molar-refractivity contribution >= 4 is 71.1 Å².